The molecule has 0 saturated carbocycles. The number of aliphatic hydroxyl groups is 1. The molecule has 0 aliphatic carbocycles. The van der Waals surface area contributed by atoms with Gasteiger partial charge < -0.3 is 15.6 Å². The number of rotatable bonds is 3. The zero-order valence-corrected chi connectivity index (χ0v) is 9.93. The Bertz CT molecular complexity index is 557. The van der Waals surface area contributed by atoms with Crippen LogP contribution in [0.2, 0.25) is 0 Å². The van der Waals surface area contributed by atoms with Gasteiger partial charge in [0.25, 0.3) is 0 Å². The Balaban J connectivity index is 2.40. The lowest BCUT2D eigenvalue weighted by Gasteiger charge is -2.15. The minimum atomic E-state index is -1.09. The van der Waals surface area contributed by atoms with Gasteiger partial charge in [-0.15, -0.1) is 0 Å². The number of anilines is 1. The fraction of sp³-hybridized carbons (Fsp3) is 0.143. The van der Waals surface area contributed by atoms with Crippen LogP contribution in [-0.4, -0.2) is 12.2 Å². The Morgan fingerprint density at radius 3 is 2.50 bits per heavy atom. The van der Waals surface area contributed by atoms with Crippen molar-refractivity contribution in [1.82, 2.24) is 0 Å². The summed E-state index contributed by atoms with van der Waals surface area (Å²) in [6, 6.07) is 11.2. The van der Waals surface area contributed by atoms with Crippen LogP contribution in [0.1, 0.15) is 17.2 Å². The van der Waals surface area contributed by atoms with Gasteiger partial charge in [-0.05, 0) is 18.2 Å². The second-order valence-electron chi connectivity index (χ2n) is 3.92. The SMILES string of the molecule is COc1ccc(C(O)c2ccccc2N)c(F)c1. The van der Waals surface area contributed by atoms with Crippen LogP contribution in [0, 0.1) is 5.82 Å². The third kappa shape index (κ3) is 2.28. The molecule has 0 bridgehead atoms. The molecule has 3 N–H and O–H groups in total. The van der Waals surface area contributed by atoms with Gasteiger partial charge in [-0.2, -0.15) is 0 Å². The highest BCUT2D eigenvalue weighted by molar-refractivity contribution is 5.50. The largest absolute Gasteiger partial charge is 0.497 e. The third-order valence-corrected chi connectivity index (χ3v) is 2.79. The molecule has 1 atom stereocenters. The van der Waals surface area contributed by atoms with E-state index in [1.54, 1.807) is 30.3 Å². The van der Waals surface area contributed by atoms with E-state index in [4.69, 9.17) is 10.5 Å². The van der Waals surface area contributed by atoms with E-state index < -0.39 is 11.9 Å². The Morgan fingerprint density at radius 2 is 1.89 bits per heavy atom. The van der Waals surface area contributed by atoms with E-state index in [0.29, 0.717) is 17.0 Å². The zero-order valence-electron chi connectivity index (χ0n) is 9.93. The van der Waals surface area contributed by atoms with E-state index >= 15 is 0 Å². The summed E-state index contributed by atoms with van der Waals surface area (Å²) in [5, 5.41) is 10.2. The number of nitrogens with two attached hydrogens (primary N) is 1. The van der Waals surface area contributed by atoms with Gasteiger partial charge in [-0.25, -0.2) is 4.39 Å². The van der Waals surface area contributed by atoms with Crippen molar-refractivity contribution in [2.45, 2.75) is 6.10 Å². The van der Waals surface area contributed by atoms with Gasteiger partial charge in [0.15, 0.2) is 0 Å². The van der Waals surface area contributed by atoms with Crippen LogP contribution in [-0.2, 0) is 0 Å². The summed E-state index contributed by atoms with van der Waals surface area (Å²) in [5.41, 5.74) is 6.85. The van der Waals surface area contributed by atoms with Crippen LogP contribution < -0.4 is 10.5 Å². The zero-order chi connectivity index (χ0) is 13.1. The summed E-state index contributed by atoms with van der Waals surface area (Å²) in [6.07, 6.45) is -1.09. The lowest BCUT2D eigenvalue weighted by Crippen LogP contribution is -2.05. The van der Waals surface area contributed by atoms with E-state index in [1.807, 2.05) is 0 Å². The molecule has 0 aromatic heterocycles. The molecule has 0 fully saturated rings. The van der Waals surface area contributed by atoms with Gasteiger partial charge in [-0.3, -0.25) is 0 Å². The minimum absolute atomic E-state index is 0.175. The average Bonchev–Trinajstić information content (AvgIpc) is 2.38. The van der Waals surface area contributed by atoms with Crippen LogP contribution in [0.3, 0.4) is 0 Å². The molecular weight excluding hydrogens is 233 g/mol. The molecule has 2 aromatic carbocycles. The fourth-order valence-corrected chi connectivity index (χ4v) is 1.78. The van der Waals surface area contributed by atoms with E-state index in [0.717, 1.165) is 0 Å². The van der Waals surface area contributed by atoms with Crippen LogP contribution in [0.15, 0.2) is 42.5 Å². The maximum Gasteiger partial charge on any atom is 0.133 e. The second kappa shape index (κ2) is 5.06. The number of halogens is 1. The molecule has 0 amide bonds. The first-order valence-electron chi connectivity index (χ1n) is 5.49. The van der Waals surface area contributed by atoms with Crippen molar-refractivity contribution >= 4 is 5.69 Å². The summed E-state index contributed by atoms with van der Waals surface area (Å²) in [5.74, 6) is -0.116. The van der Waals surface area contributed by atoms with Crippen molar-refractivity contribution in [3.63, 3.8) is 0 Å². The standard InChI is InChI=1S/C14H14FNO2/c1-18-9-6-7-10(12(15)8-9)14(17)11-4-2-3-5-13(11)16/h2-8,14,17H,16H2,1H3. The predicted molar refractivity (Wildman–Crippen MR) is 67.9 cm³/mol. The molecule has 0 saturated heterocycles. The Kier molecular flexibility index (Phi) is 3.48. The molecule has 0 heterocycles. The van der Waals surface area contributed by atoms with Crippen molar-refractivity contribution in [3.05, 3.63) is 59.4 Å². The molecule has 18 heavy (non-hydrogen) atoms. The summed E-state index contributed by atoms with van der Waals surface area (Å²) >= 11 is 0. The van der Waals surface area contributed by atoms with Gasteiger partial charge >= 0.3 is 0 Å². The summed E-state index contributed by atoms with van der Waals surface area (Å²) < 4.78 is 18.7. The van der Waals surface area contributed by atoms with Crippen molar-refractivity contribution in [3.8, 4) is 5.75 Å². The topological polar surface area (TPSA) is 55.5 Å². The summed E-state index contributed by atoms with van der Waals surface area (Å²) in [6.45, 7) is 0. The monoisotopic (exact) mass is 247 g/mol. The third-order valence-electron chi connectivity index (χ3n) is 2.79. The van der Waals surface area contributed by atoms with Crippen molar-refractivity contribution < 1.29 is 14.2 Å². The highest BCUT2D eigenvalue weighted by Crippen LogP contribution is 2.29. The number of ether oxygens (including phenoxy) is 1. The first kappa shape index (κ1) is 12.4. The van der Waals surface area contributed by atoms with Crippen molar-refractivity contribution in [2.75, 3.05) is 12.8 Å². The van der Waals surface area contributed by atoms with Crippen molar-refractivity contribution in [1.29, 1.82) is 0 Å². The quantitative estimate of drug-likeness (QED) is 0.819. The first-order chi connectivity index (χ1) is 8.63. The molecule has 0 aliphatic rings. The van der Waals surface area contributed by atoms with Gasteiger partial charge in [0.05, 0.1) is 7.11 Å². The van der Waals surface area contributed by atoms with Gasteiger partial charge in [0.2, 0.25) is 0 Å². The number of aliphatic hydroxyl groups excluding tert-OH is 1. The highest BCUT2D eigenvalue weighted by Gasteiger charge is 2.17. The molecule has 1 unspecified atom stereocenters. The van der Waals surface area contributed by atoms with Crippen LogP contribution in [0.4, 0.5) is 10.1 Å². The highest BCUT2D eigenvalue weighted by atomic mass is 19.1. The average molecular weight is 247 g/mol. The number of methoxy groups -OCH3 is 1. The number of benzene rings is 2. The fourth-order valence-electron chi connectivity index (χ4n) is 1.78. The number of hydrogen-bond donors (Lipinski definition) is 2. The van der Waals surface area contributed by atoms with E-state index in [2.05, 4.69) is 0 Å². The molecule has 4 heteroatoms. The lowest BCUT2D eigenvalue weighted by molar-refractivity contribution is 0.215. The Labute approximate surface area is 105 Å². The van der Waals surface area contributed by atoms with Crippen molar-refractivity contribution in [2.24, 2.45) is 0 Å². The molecule has 0 spiro atoms. The predicted octanol–water partition coefficient (Wildman–Crippen LogP) is 2.50. The van der Waals surface area contributed by atoms with Crippen LogP contribution in [0.5, 0.6) is 5.75 Å². The van der Waals surface area contributed by atoms with E-state index in [-0.39, 0.29) is 5.56 Å². The first-order valence-corrected chi connectivity index (χ1v) is 5.49. The molecule has 3 nitrogen and oxygen atoms in total. The molecule has 2 aromatic rings. The summed E-state index contributed by atoms with van der Waals surface area (Å²) in [4.78, 5) is 0. The van der Waals surface area contributed by atoms with Gasteiger partial charge in [0, 0.05) is 22.9 Å². The van der Waals surface area contributed by atoms with E-state index in [9.17, 15) is 9.50 Å². The Hall–Kier alpha value is -2.07. The Morgan fingerprint density at radius 1 is 1.17 bits per heavy atom. The van der Waals surface area contributed by atoms with Gasteiger partial charge in [0.1, 0.15) is 17.7 Å². The van der Waals surface area contributed by atoms with Gasteiger partial charge in [-0.1, -0.05) is 18.2 Å². The number of nitrogen functional groups attached to an aromatic ring is 1. The molecule has 94 valence electrons. The minimum Gasteiger partial charge on any atom is -0.497 e. The molecular formula is C14H14FNO2. The lowest BCUT2D eigenvalue weighted by atomic mass is 9.99. The second-order valence-corrected chi connectivity index (χ2v) is 3.92. The maximum atomic E-state index is 13.8. The summed E-state index contributed by atoms with van der Waals surface area (Å²) in [7, 11) is 1.46. The van der Waals surface area contributed by atoms with Crippen LogP contribution >= 0.6 is 0 Å². The van der Waals surface area contributed by atoms with Crippen LogP contribution in [0.25, 0.3) is 0 Å². The maximum absolute atomic E-state index is 13.8. The smallest absolute Gasteiger partial charge is 0.133 e. The van der Waals surface area contributed by atoms with E-state index in [1.165, 1.54) is 19.2 Å². The molecule has 0 radical (unpaired) electrons. The molecule has 0 aliphatic heterocycles. The number of para-hydroxylation sites is 1. The normalized spacial score (nSPS) is 12.2. The number of hydrogen-bond acceptors (Lipinski definition) is 3. The molecule has 2 rings (SSSR count).